The molecule has 0 saturated carbocycles. The summed E-state index contributed by atoms with van der Waals surface area (Å²) in [6, 6.07) is 7.76. The van der Waals surface area contributed by atoms with Crippen molar-refractivity contribution in [2.45, 2.75) is 12.5 Å². The van der Waals surface area contributed by atoms with Crippen LogP contribution in [0.1, 0.15) is 6.42 Å². The van der Waals surface area contributed by atoms with Gasteiger partial charge in [-0.15, -0.1) is 0 Å². The monoisotopic (exact) mass is 466 g/mol. The van der Waals surface area contributed by atoms with Gasteiger partial charge < -0.3 is 34.6 Å². The molecule has 2 saturated heterocycles. The fraction of sp³-hybridized carbons (Fsp3) is 0.440. The molecule has 1 amide bonds. The van der Waals surface area contributed by atoms with E-state index in [9.17, 15) is 9.59 Å². The van der Waals surface area contributed by atoms with E-state index in [0.717, 1.165) is 63.9 Å². The first kappa shape index (κ1) is 22.6. The van der Waals surface area contributed by atoms with Gasteiger partial charge in [0.15, 0.2) is 17.3 Å². The predicted octanol–water partition coefficient (Wildman–Crippen LogP) is 1.41. The van der Waals surface area contributed by atoms with Crippen LogP contribution in [0.25, 0.3) is 0 Å². The van der Waals surface area contributed by atoms with Crippen LogP contribution in [0.4, 0.5) is 11.4 Å². The van der Waals surface area contributed by atoms with Crippen molar-refractivity contribution in [2.24, 2.45) is 0 Å². The second kappa shape index (κ2) is 10.0. The van der Waals surface area contributed by atoms with Crippen LogP contribution in [-0.2, 0) is 23.8 Å². The van der Waals surface area contributed by atoms with Crippen LogP contribution in [0.2, 0.25) is 0 Å². The Balaban J connectivity index is 1.29. The lowest BCUT2D eigenvalue weighted by Gasteiger charge is -2.36. The van der Waals surface area contributed by atoms with Gasteiger partial charge in [0.05, 0.1) is 18.9 Å². The Hall–Kier alpha value is -3.14. The van der Waals surface area contributed by atoms with Gasteiger partial charge in [-0.1, -0.05) is 0 Å². The van der Waals surface area contributed by atoms with Gasteiger partial charge in [0.25, 0.3) is 5.91 Å². The molecule has 0 bridgehead atoms. The third-order valence-electron chi connectivity index (χ3n) is 6.51. The summed E-state index contributed by atoms with van der Waals surface area (Å²) in [5, 5.41) is 6.24. The Labute approximate surface area is 199 Å². The van der Waals surface area contributed by atoms with E-state index in [4.69, 9.17) is 14.2 Å². The summed E-state index contributed by atoms with van der Waals surface area (Å²) in [5.74, 6) is 0.202. The van der Waals surface area contributed by atoms with Gasteiger partial charge in [0, 0.05) is 69.7 Å². The first-order valence-corrected chi connectivity index (χ1v) is 11.7. The number of amides is 1. The molecule has 5 rings (SSSR count). The van der Waals surface area contributed by atoms with E-state index in [1.165, 1.54) is 7.11 Å². The van der Waals surface area contributed by atoms with Crippen LogP contribution in [0, 0.1) is 0 Å². The topological polar surface area (TPSA) is 92.4 Å². The van der Waals surface area contributed by atoms with Gasteiger partial charge in [-0.05, 0) is 36.4 Å². The van der Waals surface area contributed by atoms with Gasteiger partial charge >= 0.3 is 0 Å². The smallest absolute Gasteiger partial charge is 0.291 e. The summed E-state index contributed by atoms with van der Waals surface area (Å²) < 4.78 is 16.9. The Kier molecular flexibility index (Phi) is 6.66. The minimum Gasteiger partial charge on any atom is -0.449 e. The summed E-state index contributed by atoms with van der Waals surface area (Å²) in [6.45, 7) is 6.42. The zero-order chi connectivity index (χ0) is 23.5. The number of rotatable bonds is 5. The van der Waals surface area contributed by atoms with E-state index in [2.05, 4.69) is 20.4 Å². The standard InChI is InChI=1S/C25H30N4O5/c1-32-22-16-20(29-10-8-26-9-11-29)24-19(23(22)30)6-7-21(34-24)25(31)27-17-2-4-18(5-3-17)28-12-14-33-15-13-28/h2-5,7,16,22,26H,6,8-15H2,1H3,(H,27,31). The van der Waals surface area contributed by atoms with Crippen LogP contribution in [0.5, 0.6) is 0 Å². The van der Waals surface area contributed by atoms with E-state index < -0.39 is 6.10 Å². The zero-order valence-corrected chi connectivity index (χ0v) is 19.3. The van der Waals surface area contributed by atoms with Crippen molar-refractivity contribution >= 4 is 23.1 Å². The van der Waals surface area contributed by atoms with Crippen LogP contribution in [-0.4, -0.2) is 82.3 Å². The lowest BCUT2D eigenvalue weighted by Crippen LogP contribution is -2.45. The number of methoxy groups -OCH3 is 1. The number of Topliss-reactive ketones (excluding diaryl/α,β-unsaturated/α-hetero) is 1. The number of ether oxygens (including phenoxy) is 3. The molecule has 0 radical (unpaired) electrons. The number of hydrogen-bond donors (Lipinski definition) is 2. The Bertz CT molecular complexity index is 1030. The minimum absolute atomic E-state index is 0.120. The number of piperazine rings is 1. The Morgan fingerprint density at radius 2 is 1.82 bits per heavy atom. The van der Waals surface area contributed by atoms with Crippen molar-refractivity contribution in [1.29, 1.82) is 0 Å². The summed E-state index contributed by atoms with van der Waals surface area (Å²) in [5.41, 5.74) is 3.15. The highest BCUT2D eigenvalue weighted by molar-refractivity contribution is 6.06. The van der Waals surface area contributed by atoms with E-state index in [0.29, 0.717) is 23.4 Å². The highest BCUT2D eigenvalue weighted by Gasteiger charge is 2.36. The maximum absolute atomic E-state index is 13.0. The first-order chi connectivity index (χ1) is 16.6. The number of hydrogen-bond acceptors (Lipinski definition) is 8. The quantitative estimate of drug-likeness (QED) is 0.673. The molecule has 3 heterocycles. The van der Waals surface area contributed by atoms with Crippen molar-refractivity contribution in [3.8, 4) is 0 Å². The first-order valence-electron chi connectivity index (χ1n) is 11.7. The number of allylic oxidation sites excluding steroid dienone is 1. The number of carbonyl (C=O) groups is 2. The number of nitrogens with zero attached hydrogens (tertiary/aromatic N) is 2. The van der Waals surface area contributed by atoms with Crippen LogP contribution < -0.4 is 15.5 Å². The van der Waals surface area contributed by atoms with Crippen LogP contribution >= 0.6 is 0 Å². The lowest BCUT2D eigenvalue weighted by atomic mass is 9.92. The number of carbonyl (C=O) groups excluding carboxylic acids is 2. The summed E-state index contributed by atoms with van der Waals surface area (Å²) in [6.07, 6.45) is 3.16. The number of anilines is 2. The number of benzene rings is 1. The molecule has 1 atom stereocenters. The Morgan fingerprint density at radius 1 is 1.09 bits per heavy atom. The average molecular weight is 467 g/mol. The molecular formula is C25H30N4O5. The molecular weight excluding hydrogens is 436 g/mol. The third kappa shape index (κ3) is 4.59. The SMILES string of the molecule is COC1C=C(N2CCNCC2)C2=C(CC=C(C(=O)Nc3ccc(N4CCOCC4)cc3)O2)C1=O. The molecule has 180 valence electrons. The molecule has 9 heteroatoms. The third-order valence-corrected chi connectivity index (χ3v) is 6.51. The normalized spacial score (nSPS) is 23.1. The molecule has 4 aliphatic rings. The summed E-state index contributed by atoms with van der Waals surface area (Å²) >= 11 is 0. The van der Waals surface area contributed by atoms with Gasteiger partial charge in [0.2, 0.25) is 0 Å². The maximum Gasteiger partial charge on any atom is 0.291 e. The van der Waals surface area contributed by atoms with Crippen molar-refractivity contribution in [1.82, 2.24) is 10.2 Å². The van der Waals surface area contributed by atoms with Gasteiger partial charge in [-0.25, -0.2) is 0 Å². The maximum atomic E-state index is 13.0. The van der Waals surface area contributed by atoms with Crippen LogP contribution in [0.15, 0.2) is 59.2 Å². The highest BCUT2D eigenvalue weighted by atomic mass is 16.5. The van der Waals surface area contributed by atoms with Crippen molar-refractivity contribution < 1.29 is 23.8 Å². The largest absolute Gasteiger partial charge is 0.449 e. The van der Waals surface area contributed by atoms with E-state index >= 15 is 0 Å². The molecule has 34 heavy (non-hydrogen) atoms. The molecule has 1 aromatic rings. The number of nitrogens with one attached hydrogen (secondary N) is 2. The number of ketones is 1. The molecule has 0 aromatic heterocycles. The molecule has 0 spiro atoms. The van der Waals surface area contributed by atoms with E-state index in [-0.39, 0.29) is 17.4 Å². The predicted molar refractivity (Wildman–Crippen MR) is 127 cm³/mol. The lowest BCUT2D eigenvalue weighted by molar-refractivity contribution is -0.123. The van der Waals surface area contributed by atoms with E-state index in [1.807, 2.05) is 24.3 Å². The molecule has 9 nitrogen and oxygen atoms in total. The summed E-state index contributed by atoms with van der Waals surface area (Å²) in [7, 11) is 1.53. The minimum atomic E-state index is -0.638. The zero-order valence-electron chi connectivity index (χ0n) is 19.3. The fourth-order valence-electron chi connectivity index (χ4n) is 4.63. The number of morpholine rings is 1. The molecule has 3 aliphatic heterocycles. The van der Waals surface area contributed by atoms with Crippen LogP contribution in [0.3, 0.4) is 0 Å². The molecule has 1 aromatic carbocycles. The average Bonchev–Trinajstić information content (AvgIpc) is 2.90. The van der Waals surface area contributed by atoms with Gasteiger partial charge in [-0.2, -0.15) is 0 Å². The van der Waals surface area contributed by atoms with Crippen molar-refractivity contribution in [3.05, 3.63) is 59.2 Å². The second-order valence-corrected chi connectivity index (χ2v) is 8.59. The highest BCUT2D eigenvalue weighted by Crippen LogP contribution is 2.35. The Morgan fingerprint density at radius 3 is 2.53 bits per heavy atom. The second-order valence-electron chi connectivity index (χ2n) is 8.59. The molecule has 2 N–H and O–H groups in total. The van der Waals surface area contributed by atoms with Gasteiger partial charge in [0.1, 0.15) is 6.10 Å². The van der Waals surface area contributed by atoms with Crippen molar-refractivity contribution in [3.63, 3.8) is 0 Å². The molecule has 2 fully saturated rings. The van der Waals surface area contributed by atoms with E-state index in [1.54, 1.807) is 12.2 Å². The molecule has 1 unspecified atom stereocenters. The fourth-order valence-corrected chi connectivity index (χ4v) is 4.63. The molecule has 1 aliphatic carbocycles. The van der Waals surface area contributed by atoms with Gasteiger partial charge in [-0.3, -0.25) is 9.59 Å². The van der Waals surface area contributed by atoms with Crippen molar-refractivity contribution in [2.75, 3.05) is 69.8 Å². The summed E-state index contributed by atoms with van der Waals surface area (Å²) in [4.78, 5) is 30.3.